The van der Waals surface area contributed by atoms with Gasteiger partial charge in [0.1, 0.15) is 17.6 Å². The van der Waals surface area contributed by atoms with Crippen LogP contribution in [0.4, 0.5) is 15.8 Å². The summed E-state index contributed by atoms with van der Waals surface area (Å²) in [6.45, 7) is 2.04. The first kappa shape index (κ1) is 20.4. The van der Waals surface area contributed by atoms with E-state index in [2.05, 4.69) is 9.72 Å². The number of esters is 1. The maximum Gasteiger partial charge on any atom is 0.337 e. The number of carbonyl (C=O) groups excluding carboxylic acids is 2. The number of aryl methyl sites for hydroxylation is 1. The second-order valence-corrected chi connectivity index (χ2v) is 6.76. The van der Waals surface area contributed by atoms with E-state index < -0.39 is 11.8 Å². The molecule has 2 heterocycles. The van der Waals surface area contributed by atoms with Crippen LogP contribution >= 0.6 is 12.2 Å². The quantitative estimate of drug-likeness (QED) is 0.565. The molecular formula is C20H17FN4O3S. The lowest BCUT2D eigenvalue weighted by Gasteiger charge is -2.30. The number of aromatic nitrogens is 1. The number of benzene rings is 1. The van der Waals surface area contributed by atoms with E-state index in [1.807, 2.05) is 6.07 Å². The van der Waals surface area contributed by atoms with Crippen molar-refractivity contribution in [2.45, 2.75) is 19.8 Å². The molecule has 1 aromatic heterocycles. The molecule has 0 saturated carbocycles. The number of pyridine rings is 1. The van der Waals surface area contributed by atoms with Crippen LogP contribution in [0.3, 0.4) is 0 Å². The number of amides is 1. The molecule has 1 aliphatic rings. The van der Waals surface area contributed by atoms with E-state index in [1.54, 1.807) is 13.0 Å². The van der Waals surface area contributed by atoms with Gasteiger partial charge in [-0.25, -0.2) is 14.2 Å². The van der Waals surface area contributed by atoms with Crippen LogP contribution in [0, 0.1) is 24.1 Å². The van der Waals surface area contributed by atoms with Crippen LogP contribution in [0.25, 0.3) is 0 Å². The Morgan fingerprint density at radius 2 is 2.14 bits per heavy atom. The van der Waals surface area contributed by atoms with Gasteiger partial charge in [0.25, 0.3) is 0 Å². The predicted molar refractivity (Wildman–Crippen MR) is 108 cm³/mol. The van der Waals surface area contributed by atoms with Crippen molar-refractivity contribution in [3.8, 4) is 6.07 Å². The van der Waals surface area contributed by atoms with Crippen LogP contribution in [0.5, 0.6) is 0 Å². The van der Waals surface area contributed by atoms with E-state index in [-0.39, 0.29) is 34.4 Å². The van der Waals surface area contributed by atoms with E-state index in [9.17, 15) is 14.0 Å². The Hall–Kier alpha value is -3.38. The van der Waals surface area contributed by atoms with Gasteiger partial charge in [-0.15, -0.1) is 0 Å². The number of nitriles is 1. The van der Waals surface area contributed by atoms with Crippen LogP contribution in [0.15, 0.2) is 30.5 Å². The molecule has 29 heavy (non-hydrogen) atoms. The number of thiocarbonyl (C=S) groups is 1. The summed E-state index contributed by atoms with van der Waals surface area (Å²) in [6.07, 6.45) is 2.09. The number of halogens is 1. The van der Waals surface area contributed by atoms with Gasteiger partial charge in [-0.3, -0.25) is 9.69 Å². The van der Waals surface area contributed by atoms with Crippen molar-refractivity contribution in [1.29, 1.82) is 5.26 Å². The van der Waals surface area contributed by atoms with Crippen molar-refractivity contribution >= 4 is 40.6 Å². The zero-order valence-corrected chi connectivity index (χ0v) is 16.6. The lowest BCUT2D eigenvalue weighted by atomic mass is 10.2. The summed E-state index contributed by atoms with van der Waals surface area (Å²) in [4.78, 5) is 31.2. The first-order chi connectivity index (χ1) is 13.9. The van der Waals surface area contributed by atoms with Crippen LogP contribution in [-0.4, -0.2) is 35.6 Å². The molecule has 3 rings (SSSR count). The first-order valence-electron chi connectivity index (χ1n) is 8.76. The van der Waals surface area contributed by atoms with Crippen molar-refractivity contribution in [3.63, 3.8) is 0 Å². The first-order valence-corrected chi connectivity index (χ1v) is 9.17. The van der Waals surface area contributed by atoms with Crippen LogP contribution in [0.2, 0.25) is 0 Å². The highest BCUT2D eigenvalue weighted by Gasteiger charge is 2.30. The molecule has 0 unspecified atom stereocenters. The molecule has 148 valence electrons. The highest BCUT2D eigenvalue weighted by atomic mass is 32.1. The monoisotopic (exact) mass is 412 g/mol. The van der Waals surface area contributed by atoms with Gasteiger partial charge in [-0.1, -0.05) is 0 Å². The maximum absolute atomic E-state index is 14.8. The fraction of sp³-hybridized carbons (Fsp3) is 0.250. The Labute approximate surface area is 172 Å². The van der Waals surface area contributed by atoms with Crippen molar-refractivity contribution in [3.05, 3.63) is 53.1 Å². The molecule has 1 aliphatic heterocycles. The van der Waals surface area contributed by atoms with Gasteiger partial charge in [0, 0.05) is 13.0 Å². The van der Waals surface area contributed by atoms with Gasteiger partial charge < -0.3 is 9.64 Å². The van der Waals surface area contributed by atoms with E-state index in [1.165, 1.54) is 35.2 Å². The summed E-state index contributed by atoms with van der Waals surface area (Å²) < 4.78 is 19.4. The van der Waals surface area contributed by atoms with E-state index in [0.29, 0.717) is 24.2 Å². The van der Waals surface area contributed by atoms with Gasteiger partial charge in [0.2, 0.25) is 5.91 Å². The standard InChI is InChI=1S/C20H17FN4O3S/c1-12-8-14(11-23-16(12)10-22)25-18(26)4-3-7-24(20(25)29)17-6-5-13(9-15(17)21)19(27)28-2/h5-6,8-9,11H,3-4,7H2,1-2H3. The summed E-state index contributed by atoms with van der Waals surface area (Å²) in [5.74, 6) is -1.54. The fourth-order valence-electron chi connectivity index (χ4n) is 3.07. The normalized spacial score (nSPS) is 14.4. The highest BCUT2D eigenvalue weighted by Crippen LogP contribution is 2.28. The largest absolute Gasteiger partial charge is 0.465 e. The lowest BCUT2D eigenvalue weighted by Crippen LogP contribution is -2.44. The van der Waals surface area contributed by atoms with Crippen molar-refractivity contribution < 1.29 is 18.7 Å². The van der Waals surface area contributed by atoms with E-state index >= 15 is 0 Å². The predicted octanol–water partition coefficient (Wildman–Crippen LogP) is 3.11. The molecular weight excluding hydrogens is 395 g/mol. The van der Waals surface area contributed by atoms with Crippen molar-refractivity contribution in [2.24, 2.45) is 0 Å². The minimum Gasteiger partial charge on any atom is -0.465 e. The second kappa shape index (κ2) is 8.32. The minimum atomic E-state index is -0.654. The molecule has 1 aromatic carbocycles. The molecule has 0 atom stereocenters. The Morgan fingerprint density at radius 1 is 1.38 bits per heavy atom. The highest BCUT2D eigenvalue weighted by molar-refractivity contribution is 7.81. The molecule has 0 bridgehead atoms. The number of carbonyl (C=O) groups is 2. The van der Waals surface area contributed by atoms with Crippen molar-refractivity contribution in [1.82, 2.24) is 4.98 Å². The van der Waals surface area contributed by atoms with Crippen LogP contribution in [-0.2, 0) is 9.53 Å². The zero-order valence-electron chi connectivity index (χ0n) is 15.8. The van der Waals surface area contributed by atoms with Gasteiger partial charge >= 0.3 is 5.97 Å². The molecule has 1 fully saturated rings. The number of methoxy groups -OCH3 is 1. The summed E-state index contributed by atoms with van der Waals surface area (Å²) in [7, 11) is 1.22. The second-order valence-electron chi connectivity index (χ2n) is 6.40. The Balaban J connectivity index is 2.01. The summed E-state index contributed by atoms with van der Waals surface area (Å²) in [5.41, 5.74) is 1.50. The molecule has 1 saturated heterocycles. The molecule has 0 N–H and O–H groups in total. The van der Waals surface area contributed by atoms with E-state index in [0.717, 1.165) is 6.07 Å². The molecule has 0 radical (unpaired) electrons. The third kappa shape index (κ3) is 3.93. The van der Waals surface area contributed by atoms with Gasteiger partial charge in [-0.2, -0.15) is 5.26 Å². The summed E-state index contributed by atoms with van der Waals surface area (Å²) in [5, 5.41) is 9.17. The number of hydrogen-bond acceptors (Lipinski definition) is 6. The average molecular weight is 412 g/mol. The zero-order chi connectivity index (χ0) is 21.1. The van der Waals surface area contributed by atoms with Crippen LogP contribution in [0.1, 0.15) is 34.5 Å². The van der Waals surface area contributed by atoms with Crippen LogP contribution < -0.4 is 9.80 Å². The SMILES string of the molecule is COC(=O)c1ccc(N2CCCC(=O)N(c3cnc(C#N)c(C)c3)C2=S)c(F)c1. The minimum absolute atomic E-state index is 0.0781. The Kier molecular flexibility index (Phi) is 5.84. The third-order valence-electron chi connectivity index (χ3n) is 4.53. The molecule has 7 nitrogen and oxygen atoms in total. The molecule has 9 heteroatoms. The number of anilines is 2. The topological polar surface area (TPSA) is 86.5 Å². The van der Waals surface area contributed by atoms with Gasteiger partial charge in [-0.05, 0) is 55.4 Å². The summed E-state index contributed by atoms with van der Waals surface area (Å²) in [6, 6.07) is 7.58. The van der Waals surface area contributed by atoms with Crippen molar-refractivity contribution in [2.75, 3.05) is 23.5 Å². The lowest BCUT2D eigenvalue weighted by molar-refractivity contribution is -0.117. The average Bonchev–Trinajstić information content (AvgIpc) is 2.85. The Bertz CT molecular complexity index is 1050. The number of hydrogen-bond donors (Lipinski definition) is 0. The third-order valence-corrected chi connectivity index (χ3v) is 4.93. The van der Waals surface area contributed by atoms with Gasteiger partial charge in [0.05, 0.1) is 30.2 Å². The smallest absolute Gasteiger partial charge is 0.337 e. The molecule has 0 spiro atoms. The van der Waals surface area contributed by atoms with E-state index in [4.69, 9.17) is 17.5 Å². The molecule has 1 amide bonds. The summed E-state index contributed by atoms with van der Waals surface area (Å²) >= 11 is 5.53. The number of ether oxygens (including phenoxy) is 1. The van der Waals surface area contributed by atoms with Gasteiger partial charge in [0.15, 0.2) is 5.11 Å². The molecule has 0 aliphatic carbocycles. The maximum atomic E-state index is 14.8. The molecule has 2 aromatic rings. The number of nitrogens with zero attached hydrogens (tertiary/aromatic N) is 4. The number of rotatable bonds is 3. The fourth-order valence-corrected chi connectivity index (χ4v) is 3.47. The Morgan fingerprint density at radius 3 is 2.76 bits per heavy atom.